The first-order valence-electron chi connectivity index (χ1n) is 5.87. The van der Waals surface area contributed by atoms with E-state index in [0.717, 1.165) is 24.2 Å². The second-order valence-electron chi connectivity index (χ2n) is 5.62. The highest BCUT2D eigenvalue weighted by Crippen LogP contribution is 2.55. The lowest BCUT2D eigenvalue weighted by molar-refractivity contribution is -0.199. The summed E-state index contributed by atoms with van der Waals surface area (Å²) >= 11 is 3.67. The van der Waals surface area contributed by atoms with Gasteiger partial charge in [-0.05, 0) is 38.0 Å². The molecular formula is C11H13BrF3NO. The average molecular weight is 312 g/mol. The van der Waals surface area contributed by atoms with Gasteiger partial charge in [-0.1, -0.05) is 15.9 Å². The molecular weight excluding hydrogens is 299 g/mol. The van der Waals surface area contributed by atoms with Gasteiger partial charge in [-0.2, -0.15) is 13.2 Å². The van der Waals surface area contributed by atoms with E-state index in [0.29, 0.717) is 18.8 Å². The number of piperidine rings is 2. The zero-order chi connectivity index (χ0) is 12.4. The minimum atomic E-state index is -4.73. The Morgan fingerprint density at radius 1 is 1.18 bits per heavy atom. The predicted molar refractivity (Wildman–Crippen MR) is 58.7 cm³/mol. The Morgan fingerprint density at radius 3 is 2.12 bits per heavy atom. The van der Waals surface area contributed by atoms with Gasteiger partial charge in [0.2, 0.25) is 0 Å². The minimum Gasteiger partial charge on any atom is -0.329 e. The highest BCUT2D eigenvalue weighted by molar-refractivity contribution is 9.10. The van der Waals surface area contributed by atoms with Gasteiger partial charge in [0.05, 0.1) is 0 Å². The van der Waals surface area contributed by atoms with Crippen LogP contribution in [-0.4, -0.2) is 33.4 Å². The summed E-state index contributed by atoms with van der Waals surface area (Å²) in [5, 5.41) is 0. The van der Waals surface area contributed by atoms with Gasteiger partial charge in [0, 0.05) is 16.4 Å². The smallest absolute Gasteiger partial charge is 0.329 e. The molecule has 4 rings (SSSR count). The van der Waals surface area contributed by atoms with Crippen molar-refractivity contribution in [3.05, 3.63) is 0 Å². The summed E-state index contributed by atoms with van der Waals surface area (Å²) in [4.78, 5) is 12.6. The average Bonchev–Trinajstić information content (AvgIpc) is 2.11. The molecule has 0 spiro atoms. The van der Waals surface area contributed by atoms with Crippen molar-refractivity contribution in [2.75, 3.05) is 0 Å². The molecule has 2 nitrogen and oxygen atoms in total. The van der Waals surface area contributed by atoms with Gasteiger partial charge in [-0.25, -0.2) is 0 Å². The van der Waals surface area contributed by atoms with Crippen molar-refractivity contribution >= 4 is 21.8 Å². The summed E-state index contributed by atoms with van der Waals surface area (Å²) in [6.45, 7) is 0. The molecule has 0 aromatic heterocycles. The molecule has 0 aromatic carbocycles. The molecule has 0 aromatic rings. The van der Waals surface area contributed by atoms with Gasteiger partial charge >= 0.3 is 12.1 Å². The lowest BCUT2D eigenvalue weighted by Gasteiger charge is -2.59. The number of nitrogens with zero attached hydrogens (tertiary/aromatic N) is 1. The van der Waals surface area contributed by atoms with Gasteiger partial charge in [-0.3, -0.25) is 4.79 Å². The number of rotatable bonds is 0. The van der Waals surface area contributed by atoms with Crippen molar-refractivity contribution < 1.29 is 18.0 Å². The Balaban J connectivity index is 1.87. The summed E-state index contributed by atoms with van der Waals surface area (Å²) in [6.07, 6.45) is -0.857. The summed E-state index contributed by atoms with van der Waals surface area (Å²) in [5.74, 6) is -1.15. The summed E-state index contributed by atoms with van der Waals surface area (Å²) in [7, 11) is 0. The first-order chi connectivity index (χ1) is 7.78. The fraction of sp³-hybridized carbons (Fsp3) is 0.909. The summed E-state index contributed by atoms with van der Waals surface area (Å²) in [5.41, 5.74) is 0. The van der Waals surface area contributed by atoms with Crippen LogP contribution in [0.2, 0.25) is 0 Å². The van der Waals surface area contributed by atoms with Crippen molar-refractivity contribution in [1.29, 1.82) is 0 Å². The molecule has 2 unspecified atom stereocenters. The molecule has 6 heteroatoms. The molecule has 2 saturated heterocycles. The van der Waals surface area contributed by atoms with Crippen LogP contribution < -0.4 is 0 Å². The SMILES string of the molecule is O=C(N1[C@@H]2CC3C[C@H]1CC(Br)(C3)C2)C(F)(F)F. The van der Waals surface area contributed by atoms with E-state index < -0.39 is 12.1 Å². The lowest BCUT2D eigenvalue weighted by atomic mass is 9.63. The number of carbonyl (C=O) groups is 1. The third kappa shape index (κ3) is 1.79. The normalized spacial score (nSPS) is 44.2. The van der Waals surface area contributed by atoms with E-state index >= 15 is 0 Å². The number of hydrogen-bond acceptors (Lipinski definition) is 1. The maximum Gasteiger partial charge on any atom is 0.471 e. The Morgan fingerprint density at radius 2 is 1.71 bits per heavy atom. The monoisotopic (exact) mass is 311 g/mol. The Kier molecular flexibility index (Phi) is 2.36. The van der Waals surface area contributed by atoms with Crippen LogP contribution in [-0.2, 0) is 4.79 Å². The second kappa shape index (κ2) is 3.39. The fourth-order valence-electron chi connectivity index (χ4n) is 4.01. The number of hydrogen-bond donors (Lipinski definition) is 0. The van der Waals surface area contributed by atoms with E-state index in [1.54, 1.807) is 0 Å². The van der Waals surface area contributed by atoms with Gasteiger partial charge in [0.25, 0.3) is 0 Å². The summed E-state index contributed by atoms with van der Waals surface area (Å²) in [6, 6.07) is -0.426. The molecule has 4 bridgehead atoms. The van der Waals surface area contributed by atoms with Crippen LogP contribution in [0, 0.1) is 5.92 Å². The Labute approximate surface area is 106 Å². The number of alkyl halides is 4. The van der Waals surface area contributed by atoms with Crippen molar-refractivity contribution in [2.45, 2.75) is 54.7 Å². The maximum absolute atomic E-state index is 12.5. The van der Waals surface area contributed by atoms with Crippen LogP contribution >= 0.6 is 15.9 Å². The van der Waals surface area contributed by atoms with Crippen LogP contribution in [0.5, 0.6) is 0 Å². The van der Waals surface area contributed by atoms with Gasteiger partial charge in [0.1, 0.15) is 0 Å². The molecule has 0 radical (unpaired) electrons. The quantitative estimate of drug-likeness (QED) is 0.630. The molecule has 4 aliphatic rings. The Hall–Kier alpha value is -0.260. The topological polar surface area (TPSA) is 20.3 Å². The van der Waals surface area contributed by atoms with Crippen LogP contribution in [0.25, 0.3) is 0 Å². The molecule has 17 heavy (non-hydrogen) atoms. The van der Waals surface area contributed by atoms with Crippen LogP contribution in [0.1, 0.15) is 32.1 Å². The van der Waals surface area contributed by atoms with E-state index in [4.69, 9.17) is 0 Å². The Bertz CT molecular complexity index is 354. The third-order valence-electron chi connectivity index (χ3n) is 4.33. The van der Waals surface area contributed by atoms with E-state index in [2.05, 4.69) is 15.9 Å². The van der Waals surface area contributed by atoms with Crippen molar-refractivity contribution in [3.63, 3.8) is 0 Å². The molecule has 1 amide bonds. The van der Waals surface area contributed by atoms with Crippen LogP contribution in [0.15, 0.2) is 0 Å². The van der Waals surface area contributed by atoms with Gasteiger partial charge < -0.3 is 4.90 Å². The van der Waals surface area contributed by atoms with E-state index in [9.17, 15) is 18.0 Å². The molecule has 2 aliphatic carbocycles. The zero-order valence-corrected chi connectivity index (χ0v) is 10.7. The van der Waals surface area contributed by atoms with Crippen molar-refractivity contribution in [2.24, 2.45) is 5.92 Å². The number of amides is 1. The second-order valence-corrected chi connectivity index (χ2v) is 7.30. The van der Waals surface area contributed by atoms with Gasteiger partial charge in [-0.15, -0.1) is 0 Å². The number of halogens is 4. The highest BCUT2D eigenvalue weighted by Gasteiger charge is 2.58. The first-order valence-corrected chi connectivity index (χ1v) is 6.66. The minimum absolute atomic E-state index is 0.00806. The van der Waals surface area contributed by atoms with Gasteiger partial charge in [0.15, 0.2) is 0 Å². The van der Waals surface area contributed by atoms with Crippen LogP contribution in [0.3, 0.4) is 0 Å². The predicted octanol–water partition coefficient (Wildman–Crippen LogP) is 2.86. The standard InChI is InChI=1S/C11H13BrF3NO/c12-10-3-6-1-7(4-10)16(8(2-6)5-10)9(17)11(13,14)15/h6-8H,1-5H2/t6?,7-,8+,10?. The molecule has 2 heterocycles. The summed E-state index contributed by atoms with van der Waals surface area (Å²) < 4.78 is 37.6. The first kappa shape index (κ1) is 11.8. The van der Waals surface area contributed by atoms with E-state index in [1.807, 2.05) is 0 Å². The number of carbonyl (C=O) groups excluding carboxylic acids is 1. The van der Waals surface area contributed by atoms with E-state index in [1.165, 1.54) is 0 Å². The highest BCUT2D eigenvalue weighted by atomic mass is 79.9. The zero-order valence-electron chi connectivity index (χ0n) is 9.13. The largest absolute Gasteiger partial charge is 0.471 e. The van der Waals surface area contributed by atoms with Crippen molar-refractivity contribution in [3.8, 4) is 0 Å². The fourth-order valence-corrected chi connectivity index (χ4v) is 5.22. The third-order valence-corrected chi connectivity index (χ3v) is 5.30. The molecule has 0 N–H and O–H groups in total. The maximum atomic E-state index is 12.5. The van der Waals surface area contributed by atoms with Crippen molar-refractivity contribution in [1.82, 2.24) is 4.90 Å². The van der Waals surface area contributed by atoms with E-state index in [-0.39, 0.29) is 16.4 Å². The van der Waals surface area contributed by atoms with Crippen LogP contribution in [0.4, 0.5) is 13.2 Å². The molecule has 4 fully saturated rings. The molecule has 2 saturated carbocycles. The molecule has 4 atom stereocenters. The lowest BCUT2D eigenvalue weighted by Crippen LogP contribution is -2.65. The molecule has 2 aliphatic heterocycles. The molecule has 96 valence electrons.